The highest BCUT2D eigenvalue weighted by Crippen LogP contribution is 2.17. The number of aliphatic imine (C=N–C) groups is 1. The van der Waals surface area contributed by atoms with Gasteiger partial charge in [0.25, 0.3) is 0 Å². The van der Waals surface area contributed by atoms with Crippen LogP contribution in [0.4, 0.5) is 0 Å². The molecule has 30 heavy (non-hydrogen) atoms. The van der Waals surface area contributed by atoms with E-state index in [1.165, 1.54) is 11.1 Å². The zero-order valence-corrected chi connectivity index (χ0v) is 17.4. The zero-order chi connectivity index (χ0) is 20.6. The molecule has 0 aliphatic carbocycles. The molecule has 0 bridgehead atoms. The minimum atomic E-state index is 0.542. The molecule has 1 aromatic heterocycles. The molecule has 1 atom stereocenters. The van der Waals surface area contributed by atoms with Gasteiger partial charge in [0, 0.05) is 45.0 Å². The molecule has 1 aliphatic rings. The van der Waals surface area contributed by atoms with Crippen LogP contribution in [0.1, 0.15) is 17.5 Å². The first kappa shape index (κ1) is 20.2. The molecule has 1 fully saturated rings. The highest BCUT2D eigenvalue weighted by molar-refractivity contribution is 5.80. The lowest BCUT2D eigenvalue weighted by Crippen LogP contribution is -2.39. The Morgan fingerprint density at radius 2 is 1.93 bits per heavy atom. The van der Waals surface area contributed by atoms with Gasteiger partial charge in [0.05, 0.1) is 18.9 Å². The van der Waals surface area contributed by atoms with Crippen LogP contribution in [0.25, 0.3) is 5.69 Å². The first-order valence-electron chi connectivity index (χ1n) is 10.5. The van der Waals surface area contributed by atoms with Crippen LogP contribution in [0.15, 0.2) is 78.0 Å². The van der Waals surface area contributed by atoms with E-state index in [1.807, 2.05) is 30.1 Å². The van der Waals surface area contributed by atoms with E-state index in [0.29, 0.717) is 12.5 Å². The van der Waals surface area contributed by atoms with E-state index in [1.54, 1.807) is 6.20 Å². The van der Waals surface area contributed by atoms with Crippen molar-refractivity contribution < 1.29 is 4.74 Å². The van der Waals surface area contributed by atoms with Gasteiger partial charge in [-0.15, -0.1) is 0 Å². The Kier molecular flexibility index (Phi) is 6.77. The lowest BCUT2D eigenvalue weighted by Gasteiger charge is -2.22. The van der Waals surface area contributed by atoms with Gasteiger partial charge in [-0.2, -0.15) is 5.10 Å². The van der Waals surface area contributed by atoms with Crippen molar-refractivity contribution in [2.45, 2.75) is 19.6 Å². The van der Waals surface area contributed by atoms with Gasteiger partial charge in [0.15, 0.2) is 5.96 Å². The minimum Gasteiger partial charge on any atom is -0.376 e. The Bertz CT molecular complexity index is 922. The second kappa shape index (κ2) is 10.1. The number of guanidine groups is 1. The SMILES string of the molecule is CN=C(NCc1ccc(-n2cccn2)cc1)N1CCC(COCc2ccccc2)C1. The lowest BCUT2D eigenvalue weighted by atomic mass is 10.1. The second-order valence-electron chi connectivity index (χ2n) is 7.62. The maximum atomic E-state index is 5.94. The highest BCUT2D eigenvalue weighted by atomic mass is 16.5. The van der Waals surface area contributed by atoms with Crippen LogP contribution in [-0.2, 0) is 17.9 Å². The van der Waals surface area contributed by atoms with E-state index in [2.05, 4.69) is 68.8 Å². The van der Waals surface area contributed by atoms with Crippen LogP contribution in [0, 0.1) is 5.92 Å². The van der Waals surface area contributed by atoms with Crippen molar-refractivity contribution >= 4 is 5.96 Å². The fourth-order valence-corrected chi connectivity index (χ4v) is 3.78. The number of nitrogens with one attached hydrogen (secondary N) is 1. The van der Waals surface area contributed by atoms with Gasteiger partial charge in [-0.1, -0.05) is 42.5 Å². The van der Waals surface area contributed by atoms with Crippen molar-refractivity contribution in [1.29, 1.82) is 0 Å². The summed E-state index contributed by atoms with van der Waals surface area (Å²) in [6, 6.07) is 20.7. The maximum Gasteiger partial charge on any atom is 0.193 e. The van der Waals surface area contributed by atoms with Crippen LogP contribution in [0.5, 0.6) is 0 Å². The topological polar surface area (TPSA) is 54.7 Å². The summed E-state index contributed by atoms with van der Waals surface area (Å²) in [7, 11) is 1.85. The zero-order valence-electron chi connectivity index (χ0n) is 17.4. The van der Waals surface area contributed by atoms with Crippen LogP contribution in [-0.4, -0.2) is 47.4 Å². The Hall–Kier alpha value is -3.12. The average molecular weight is 404 g/mol. The Balaban J connectivity index is 1.22. The number of hydrogen-bond acceptors (Lipinski definition) is 3. The molecule has 2 heterocycles. The summed E-state index contributed by atoms with van der Waals surface area (Å²) < 4.78 is 7.80. The molecule has 1 N–H and O–H groups in total. The molecule has 2 aromatic carbocycles. The van der Waals surface area contributed by atoms with Crippen LogP contribution in [0.3, 0.4) is 0 Å². The fourth-order valence-electron chi connectivity index (χ4n) is 3.78. The van der Waals surface area contributed by atoms with Crippen molar-refractivity contribution in [2.24, 2.45) is 10.9 Å². The number of rotatable bonds is 7. The van der Waals surface area contributed by atoms with Gasteiger partial charge in [-0.3, -0.25) is 4.99 Å². The van der Waals surface area contributed by atoms with Crippen molar-refractivity contribution in [3.63, 3.8) is 0 Å². The molecule has 156 valence electrons. The third kappa shape index (κ3) is 5.27. The predicted molar refractivity (Wildman–Crippen MR) is 120 cm³/mol. The van der Waals surface area contributed by atoms with Crippen molar-refractivity contribution in [2.75, 3.05) is 26.7 Å². The summed E-state index contributed by atoms with van der Waals surface area (Å²) in [5, 5.41) is 7.76. The summed E-state index contributed by atoms with van der Waals surface area (Å²) in [6.45, 7) is 4.21. The summed E-state index contributed by atoms with van der Waals surface area (Å²) in [5.41, 5.74) is 3.50. The second-order valence-corrected chi connectivity index (χ2v) is 7.62. The monoisotopic (exact) mass is 403 g/mol. The van der Waals surface area contributed by atoms with E-state index in [-0.39, 0.29) is 0 Å². The van der Waals surface area contributed by atoms with E-state index < -0.39 is 0 Å². The largest absolute Gasteiger partial charge is 0.376 e. The summed E-state index contributed by atoms with van der Waals surface area (Å²) >= 11 is 0. The molecule has 0 saturated carbocycles. The highest BCUT2D eigenvalue weighted by Gasteiger charge is 2.24. The standard InChI is InChI=1S/C24H29N5O/c1-25-24(26-16-20-8-10-23(11-9-20)29-14-5-13-27-29)28-15-12-22(17-28)19-30-18-21-6-3-2-4-7-21/h2-11,13-14,22H,12,15-19H2,1H3,(H,25,26). The van der Waals surface area contributed by atoms with Gasteiger partial charge >= 0.3 is 0 Å². The average Bonchev–Trinajstić information content (AvgIpc) is 3.48. The molecule has 1 saturated heterocycles. The van der Waals surface area contributed by atoms with Crippen LogP contribution < -0.4 is 5.32 Å². The first-order valence-corrected chi connectivity index (χ1v) is 10.5. The molecule has 6 heteroatoms. The minimum absolute atomic E-state index is 0.542. The Labute approximate surface area is 178 Å². The number of ether oxygens (including phenoxy) is 1. The lowest BCUT2D eigenvalue weighted by molar-refractivity contribution is 0.0906. The third-order valence-electron chi connectivity index (χ3n) is 5.42. The molecule has 0 spiro atoms. The molecular formula is C24H29N5O. The van der Waals surface area contributed by atoms with E-state index in [4.69, 9.17) is 4.74 Å². The number of hydrogen-bond donors (Lipinski definition) is 1. The first-order chi connectivity index (χ1) is 14.8. The van der Waals surface area contributed by atoms with E-state index in [9.17, 15) is 0 Å². The number of likely N-dealkylation sites (tertiary alicyclic amines) is 1. The number of benzene rings is 2. The van der Waals surface area contributed by atoms with Gasteiger partial charge < -0.3 is 15.0 Å². The molecule has 4 rings (SSSR count). The van der Waals surface area contributed by atoms with E-state index in [0.717, 1.165) is 44.3 Å². The fraction of sp³-hybridized carbons (Fsp3) is 0.333. The molecular weight excluding hydrogens is 374 g/mol. The number of nitrogens with zero attached hydrogens (tertiary/aromatic N) is 4. The van der Waals surface area contributed by atoms with Gasteiger partial charge in [0.2, 0.25) is 0 Å². The summed E-state index contributed by atoms with van der Waals surface area (Å²) in [6.07, 6.45) is 4.87. The molecule has 0 amide bonds. The summed E-state index contributed by atoms with van der Waals surface area (Å²) in [5.74, 6) is 1.50. The molecule has 6 nitrogen and oxygen atoms in total. The van der Waals surface area contributed by atoms with Crippen molar-refractivity contribution in [3.05, 3.63) is 84.2 Å². The predicted octanol–water partition coefficient (Wildman–Crippen LogP) is 3.49. The van der Waals surface area contributed by atoms with Crippen LogP contribution in [0.2, 0.25) is 0 Å². The number of aromatic nitrogens is 2. The maximum absolute atomic E-state index is 5.94. The normalized spacial score (nSPS) is 16.8. The van der Waals surface area contributed by atoms with Crippen molar-refractivity contribution in [3.8, 4) is 5.69 Å². The van der Waals surface area contributed by atoms with E-state index >= 15 is 0 Å². The Morgan fingerprint density at radius 3 is 2.67 bits per heavy atom. The van der Waals surface area contributed by atoms with Gasteiger partial charge in [-0.25, -0.2) is 4.68 Å². The molecule has 3 aromatic rings. The van der Waals surface area contributed by atoms with Crippen LogP contribution >= 0.6 is 0 Å². The quantitative estimate of drug-likeness (QED) is 0.485. The smallest absolute Gasteiger partial charge is 0.193 e. The molecule has 1 aliphatic heterocycles. The van der Waals surface area contributed by atoms with Gasteiger partial charge in [-0.05, 0) is 35.7 Å². The van der Waals surface area contributed by atoms with Gasteiger partial charge in [0.1, 0.15) is 0 Å². The Morgan fingerprint density at radius 1 is 1.10 bits per heavy atom. The molecule has 1 unspecified atom stereocenters. The molecule has 0 radical (unpaired) electrons. The third-order valence-corrected chi connectivity index (χ3v) is 5.42. The summed E-state index contributed by atoms with van der Waals surface area (Å²) in [4.78, 5) is 6.81. The van der Waals surface area contributed by atoms with Crippen molar-refractivity contribution in [1.82, 2.24) is 20.0 Å².